The maximum atomic E-state index is 12.1. The molecular formula is C15H19Cl4N3O3. The van der Waals surface area contributed by atoms with Gasteiger partial charge in [-0.25, -0.2) is 0 Å². The van der Waals surface area contributed by atoms with Gasteiger partial charge in [0.1, 0.15) is 0 Å². The van der Waals surface area contributed by atoms with E-state index in [0.717, 1.165) is 6.42 Å². The second-order valence-electron chi connectivity index (χ2n) is 5.26. The number of carbonyl (C=O) groups is 2. The number of likely N-dealkylation sites (N-methyl/N-ethyl adjacent to an activating group) is 1. The minimum Gasteiger partial charge on any atom is -0.385 e. The smallest absolute Gasteiger partial charge is 0.238 e. The number of rotatable bonds is 9. The lowest BCUT2D eigenvalue weighted by Crippen LogP contribution is -2.39. The third-order valence-corrected chi connectivity index (χ3v) is 4.63. The topological polar surface area (TPSA) is 70.7 Å². The molecule has 2 amide bonds. The van der Waals surface area contributed by atoms with E-state index < -0.39 is 5.91 Å². The van der Waals surface area contributed by atoms with Crippen LogP contribution >= 0.6 is 46.4 Å². The van der Waals surface area contributed by atoms with Gasteiger partial charge < -0.3 is 15.4 Å². The molecule has 0 aliphatic heterocycles. The van der Waals surface area contributed by atoms with Gasteiger partial charge in [0.2, 0.25) is 11.8 Å². The average molecular weight is 431 g/mol. The molecular weight excluding hydrogens is 412 g/mol. The zero-order valence-corrected chi connectivity index (χ0v) is 16.8. The van der Waals surface area contributed by atoms with Crippen LogP contribution in [0.3, 0.4) is 0 Å². The normalized spacial score (nSPS) is 10.8. The molecule has 0 saturated carbocycles. The number of hydrogen-bond donors (Lipinski definition) is 2. The summed E-state index contributed by atoms with van der Waals surface area (Å²) in [5, 5.41) is 5.85. The first kappa shape index (κ1) is 22.3. The number of ether oxygens (including phenoxy) is 1. The van der Waals surface area contributed by atoms with Crippen LogP contribution < -0.4 is 10.6 Å². The van der Waals surface area contributed by atoms with E-state index in [4.69, 9.17) is 51.1 Å². The lowest BCUT2D eigenvalue weighted by molar-refractivity contribution is -0.123. The van der Waals surface area contributed by atoms with Crippen molar-refractivity contribution in [1.29, 1.82) is 0 Å². The number of carbonyl (C=O) groups excluding carboxylic acids is 2. The molecule has 0 unspecified atom stereocenters. The summed E-state index contributed by atoms with van der Waals surface area (Å²) in [7, 11) is 3.24. The number of hydrogen-bond acceptors (Lipinski definition) is 4. The molecule has 0 saturated heterocycles. The van der Waals surface area contributed by atoms with Gasteiger partial charge in [0.15, 0.2) is 0 Å². The molecule has 0 aliphatic rings. The Morgan fingerprint density at radius 3 is 2.20 bits per heavy atom. The van der Waals surface area contributed by atoms with E-state index in [0.29, 0.717) is 13.2 Å². The largest absolute Gasteiger partial charge is 0.385 e. The predicted octanol–water partition coefficient (Wildman–Crippen LogP) is 3.32. The minimum absolute atomic E-state index is 0.0394. The molecule has 1 rings (SSSR count). The first-order valence-electron chi connectivity index (χ1n) is 7.33. The first-order chi connectivity index (χ1) is 11.8. The van der Waals surface area contributed by atoms with E-state index in [1.807, 2.05) is 0 Å². The molecule has 0 fully saturated rings. The van der Waals surface area contributed by atoms with Crippen LogP contribution in [-0.4, -0.2) is 57.1 Å². The van der Waals surface area contributed by atoms with Crippen molar-refractivity contribution in [2.24, 2.45) is 0 Å². The fourth-order valence-electron chi connectivity index (χ4n) is 1.91. The quantitative estimate of drug-likeness (QED) is 0.465. The highest BCUT2D eigenvalue weighted by Crippen LogP contribution is 2.40. The zero-order chi connectivity index (χ0) is 19.0. The van der Waals surface area contributed by atoms with E-state index >= 15 is 0 Å². The lowest BCUT2D eigenvalue weighted by Gasteiger charge is -2.17. The Kier molecular flexibility index (Phi) is 9.86. The number of nitrogens with zero attached hydrogens (tertiary/aromatic N) is 1. The van der Waals surface area contributed by atoms with Crippen molar-refractivity contribution in [1.82, 2.24) is 10.2 Å². The summed E-state index contributed by atoms with van der Waals surface area (Å²) in [6.07, 6.45) is 0.721. The predicted molar refractivity (Wildman–Crippen MR) is 102 cm³/mol. The van der Waals surface area contributed by atoms with E-state index in [1.165, 1.54) is 6.07 Å². The van der Waals surface area contributed by atoms with E-state index in [2.05, 4.69) is 10.6 Å². The number of amides is 2. The molecule has 0 aromatic heterocycles. The summed E-state index contributed by atoms with van der Waals surface area (Å²) < 4.78 is 4.89. The molecule has 140 valence electrons. The zero-order valence-electron chi connectivity index (χ0n) is 13.8. The third-order valence-electron chi connectivity index (χ3n) is 3.05. The van der Waals surface area contributed by atoms with Crippen molar-refractivity contribution < 1.29 is 14.3 Å². The maximum absolute atomic E-state index is 12.1. The number of benzene rings is 1. The highest BCUT2D eigenvalue weighted by Gasteiger charge is 2.17. The van der Waals surface area contributed by atoms with E-state index in [1.54, 1.807) is 19.1 Å². The molecule has 0 bridgehead atoms. The van der Waals surface area contributed by atoms with Crippen molar-refractivity contribution >= 4 is 63.9 Å². The molecule has 0 heterocycles. The van der Waals surface area contributed by atoms with Crippen LogP contribution in [-0.2, 0) is 14.3 Å². The second-order valence-corrected chi connectivity index (χ2v) is 6.83. The van der Waals surface area contributed by atoms with Crippen LogP contribution in [0.5, 0.6) is 0 Å². The van der Waals surface area contributed by atoms with Crippen LogP contribution in [0.2, 0.25) is 20.1 Å². The van der Waals surface area contributed by atoms with Crippen LogP contribution in [0.4, 0.5) is 5.69 Å². The Balaban J connectivity index is 2.53. The Morgan fingerprint density at radius 2 is 1.64 bits per heavy atom. The SMILES string of the molecule is COCCCNC(=O)CN(C)CC(=O)Nc1c(Cl)c(Cl)cc(Cl)c1Cl. The number of methoxy groups -OCH3 is 1. The van der Waals surface area contributed by atoms with Gasteiger partial charge in [0, 0.05) is 20.3 Å². The van der Waals surface area contributed by atoms with Crippen LogP contribution in [0, 0.1) is 0 Å². The third kappa shape index (κ3) is 7.56. The van der Waals surface area contributed by atoms with Crippen molar-refractivity contribution in [2.45, 2.75) is 6.42 Å². The molecule has 25 heavy (non-hydrogen) atoms. The van der Waals surface area contributed by atoms with Gasteiger partial charge in [-0.3, -0.25) is 14.5 Å². The van der Waals surface area contributed by atoms with Crippen molar-refractivity contribution in [2.75, 3.05) is 45.7 Å². The van der Waals surface area contributed by atoms with Gasteiger partial charge in [-0.1, -0.05) is 46.4 Å². The van der Waals surface area contributed by atoms with E-state index in [-0.39, 0.29) is 44.8 Å². The molecule has 1 aromatic rings. The summed E-state index contributed by atoms with van der Waals surface area (Å²) in [5.41, 5.74) is 0.142. The Hall–Kier alpha value is -0.760. The van der Waals surface area contributed by atoms with Gasteiger partial charge >= 0.3 is 0 Å². The van der Waals surface area contributed by atoms with Crippen molar-refractivity contribution in [3.63, 3.8) is 0 Å². The molecule has 2 N–H and O–H groups in total. The Bertz CT molecular complexity index is 602. The highest BCUT2D eigenvalue weighted by atomic mass is 35.5. The number of anilines is 1. The summed E-state index contributed by atoms with van der Waals surface area (Å²) >= 11 is 23.9. The average Bonchev–Trinajstić information content (AvgIpc) is 2.53. The Labute approximate surface area is 166 Å². The second kappa shape index (κ2) is 11.1. The monoisotopic (exact) mass is 429 g/mol. The molecule has 0 radical (unpaired) electrons. The van der Waals surface area contributed by atoms with Crippen LogP contribution in [0.15, 0.2) is 6.07 Å². The standard InChI is InChI=1S/C15H19Cl4N3O3/c1-22(7-11(23)20-4-3-5-25-2)8-12(24)21-15-13(18)9(16)6-10(17)14(15)19/h6H,3-5,7-8H2,1-2H3,(H,20,23)(H,21,24). The van der Waals surface area contributed by atoms with Crippen LogP contribution in [0.1, 0.15) is 6.42 Å². The summed E-state index contributed by atoms with van der Waals surface area (Å²) in [6, 6.07) is 1.39. The van der Waals surface area contributed by atoms with Crippen molar-refractivity contribution in [3.05, 3.63) is 26.2 Å². The molecule has 10 heteroatoms. The highest BCUT2D eigenvalue weighted by molar-refractivity contribution is 6.50. The van der Waals surface area contributed by atoms with E-state index in [9.17, 15) is 9.59 Å². The summed E-state index contributed by atoms with van der Waals surface area (Å²) in [6.45, 7) is 1.11. The summed E-state index contributed by atoms with van der Waals surface area (Å²) in [5.74, 6) is -0.593. The minimum atomic E-state index is -0.406. The fourth-order valence-corrected chi connectivity index (χ4v) is 2.81. The van der Waals surface area contributed by atoms with Gasteiger partial charge in [0.05, 0.1) is 38.9 Å². The first-order valence-corrected chi connectivity index (χ1v) is 8.84. The van der Waals surface area contributed by atoms with Gasteiger partial charge in [0.25, 0.3) is 0 Å². The molecule has 0 atom stereocenters. The van der Waals surface area contributed by atoms with Gasteiger partial charge in [-0.2, -0.15) is 0 Å². The fraction of sp³-hybridized carbons (Fsp3) is 0.467. The van der Waals surface area contributed by atoms with Gasteiger partial charge in [-0.15, -0.1) is 0 Å². The molecule has 6 nitrogen and oxygen atoms in total. The Morgan fingerprint density at radius 1 is 1.08 bits per heavy atom. The summed E-state index contributed by atoms with van der Waals surface area (Å²) in [4.78, 5) is 25.4. The molecule has 1 aromatic carbocycles. The lowest BCUT2D eigenvalue weighted by atomic mass is 10.3. The van der Waals surface area contributed by atoms with Crippen molar-refractivity contribution in [3.8, 4) is 0 Å². The number of halogens is 4. The maximum Gasteiger partial charge on any atom is 0.238 e. The number of nitrogens with one attached hydrogen (secondary N) is 2. The molecule has 0 aliphatic carbocycles. The molecule has 0 spiro atoms. The van der Waals surface area contributed by atoms with Crippen LogP contribution in [0.25, 0.3) is 0 Å². The van der Waals surface area contributed by atoms with Gasteiger partial charge in [-0.05, 0) is 19.5 Å².